The van der Waals surface area contributed by atoms with E-state index in [4.69, 9.17) is 26.6 Å². The van der Waals surface area contributed by atoms with Crippen LogP contribution in [0, 0.1) is 0 Å². The summed E-state index contributed by atoms with van der Waals surface area (Å²) in [5.41, 5.74) is 2.41. The predicted molar refractivity (Wildman–Crippen MR) is 101 cm³/mol. The fourth-order valence-corrected chi connectivity index (χ4v) is 26.8. The fraction of sp³-hybridized carbons (Fsp3) is 1.00. The first-order chi connectivity index (χ1) is 11.5. The van der Waals surface area contributed by atoms with E-state index in [0.717, 1.165) is 17.0 Å². The quantitative estimate of drug-likeness (QED) is 0.472. The zero-order chi connectivity index (χ0) is 18.1. The van der Waals surface area contributed by atoms with Gasteiger partial charge in [-0.15, -0.1) is 0 Å². The second-order valence-electron chi connectivity index (χ2n) is 5.86. The summed E-state index contributed by atoms with van der Waals surface area (Å²) in [5.74, 6) is 0. The largest absolute Gasteiger partial charge is 0.395 e. The molecule has 0 amide bonds. The first-order valence-electron chi connectivity index (χ1n) is 9.32. The van der Waals surface area contributed by atoms with Crippen molar-refractivity contribution in [2.75, 3.05) is 39.6 Å². The summed E-state index contributed by atoms with van der Waals surface area (Å²) < 4.78 is 37.6. The van der Waals surface area contributed by atoms with Gasteiger partial charge in [-0.05, 0) is 41.5 Å². The van der Waals surface area contributed by atoms with Crippen LogP contribution in [0.4, 0.5) is 0 Å². The van der Waals surface area contributed by atoms with Crippen LogP contribution in [-0.2, 0) is 26.6 Å². The highest BCUT2D eigenvalue weighted by Crippen LogP contribution is 2.43. The van der Waals surface area contributed by atoms with Gasteiger partial charge in [0.05, 0.1) is 0 Å². The minimum atomic E-state index is -2.48. The number of hydrogen-bond acceptors (Lipinski definition) is 6. The average Bonchev–Trinajstić information content (AvgIpc) is 2.48. The molecule has 0 spiro atoms. The molecule has 0 aromatic rings. The van der Waals surface area contributed by atoms with Gasteiger partial charge in [0.1, 0.15) is 0 Å². The molecule has 1 heterocycles. The molecule has 1 aliphatic heterocycles. The first-order valence-corrected chi connectivity index (χ1v) is 16.0. The van der Waals surface area contributed by atoms with E-state index in [1.807, 2.05) is 41.5 Å². The molecule has 144 valence electrons. The zero-order valence-corrected chi connectivity index (χ0v) is 19.3. The van der Waals surface area contributed by atoms with Crippen molar-refractivity contribution in [2.24, 2.45) is 0 Å². The van der Waals surface area contributed by atoms with E-state index >= 15 is 0 Å². The van der Waals surface area contributed by atoms with Gasteiger partial charge in [-0.3, -0.25) is 0 Å². The smallest absolute Gasteiger partial charge is 0.341 e. The molecule has 0 N–H and O–H groups in total. The molecule has 1 rings (SSSR count). The van der Waals surface area contributed by atoms with Gasteiger partial charge in [-0.2, -0.15) is 0 Å². The normalized spacial score (nSPS) is 21.8. The van der Waals surface area contributed by atoms with E-state index in [9.17, 15) is 0 Å². The van der Waals surface area contributed by atoms with Gasteiger partial charge in [0.25, 0.3) is 0 Å². The molecule has 24 heavy (non-hydrogen) atoms. The molecule has 0 aromatic carbocycles. The third-order valence-corrected chi connectivity index (χ3v) is 21.9. The van der Waals surface area contributed by atoms with E-state index in [1.54, 1.807) is 0 Å². The second-order valence-corrected chi connectivity index (χ2v) is 17.3. The molecule has 0 atom stereocenters. The van der Waals surface area contributed by atoms with Gasteiger partial charge in [0, 0.05) is 56.6 Å². The molecule has 1 fully saturated rings. The van der Waals surface area contributed by atoms with E-state index < -0.39 is 25.7 Å². The average molecular weight is 397 g/mol. The molecule has 0 saturated carbocycles. The molecule has 9 heteroatoms. The third-order valence-electron chi connectivity index (χ3n) is 4.06. The molecular weight excluding hydrogens is 360 g/mol. The lowest BCUT2D eigenvalue weighted by molar-refractivity contribution is 0.139. The van der Waals surface area contributed by atoms with Crippen molar-refractivity contribution in [2.45, 2.75) is 58.5 Å². The Morgan fingerprint density at radius 2 is 0.583 bits per heavy atom. The highest BCUT2D eigenvalue weighted by Gasteiger charge is 2.66. The van der Waals surface area contributed by atoms with E-state index in [1.165, 1.54) is 0 Å². The second kappa shape index (κ2) is 10.5. The van der Waals surface area contributed by atoms with Crippen molar-refractivity contribution in [3.63, 3.8) is 0 Å². The van der Waals surface area contributed by atoms with Gasteiger partial charge < -0.3 is 26.6 Å². The van der Waals surface area contributed by atoms with Crippen LogP contribution in [0.5, 0.6) is 0 Å². The van der Waals surface area contributed by atoms with Gasteiger partial charge in [-0.1, -0.05) is 0 Å². The molecule has 0 aliphatic carbocycles. The monoisotopic (exact) mass is 396 g/mol. The van der Waals surface area contributed by atoms with Crippen LogP contribution in [0.2, 0.25) is 17.0 Å². The summed E-state index contributed by atoms with van der Waals surface area (Å²) in [6, 6.07) is 0. The van der Waals surface area contributed by atoms with E-state index in [2.05, 4.69) is 0 Å². The highest BCUT2D eigenvalue weighted by molar-refractivity contribution is 7.03. The molecule has 0 bridgehead atoms. The van der Waals surface area contributed by atoms with Gasteiger partial charge >= 0.3 is 25.7 Å². The maximum atomic E-state index is 6.27. The predicted octanol–water partition coefficient (Wildman–Crippen LogP) is 3.16. The van der Waals surface area contributed by atoms with Crippen molar-refractivity contribution in [3.8, 4) is 0 Å². The molecule has 1 aliphatic rings. The Morgan fingerprint density at radius 3 is 0.708 bits per heavy atom. The minimum absolute atomic E-state index is 0.637. The van der Waals surface area contributed by atoms with Gasteiger partial charge in [0.2, 0.25) is 0 Å². The Hall–Kier alpha value is 0.411. The van der Waals surface area contributed by atoms with E-state index in [-0.39, 0.29) is 0 Å². The standard InChI is InChI=1S/C15H36O6Si3/c1-7-16-22(17-8-2)13-23(18-9-3,19-10-4)15-24(14-22,20-11-5)21-12-6/h7-15H2,1-6H3. The van der Waals surface area contributed by atoms with Crippen LogP contribution in [0.1, 0.15) is 41.5 Å². The summed E-state index contributed by atoms with van der Waals surface area (Å²) in [4.78, 5) is 0. The Morgan fingerprint density at radius 1 is 0.417 bits per heavy atom. The lowest BCUT2D eigenvalue weighted by atomic mass is 10.9. The molecule has 1 saturated heterocycles. The summed E-state index contributed by atoms with van der Waals surface area (Å²) in [6.45, 7) is 16.0. The Balaban J connectivity index is 3.29. The minimum Gasteiger partial charge on any atom is -0.395 e. The van der Waals surface area contributed by atoms with Crippen molar-refractivity contribution < 1.29 is 26.6 Å². The van der Waals surface area contributed by atoms with E-state index in [0.29, 0.717) is 39.6 Å². The number of hydrogen-bond donors (Lipinski definition) is 0. The summed E-state index contributed by atoms with van der Waals surface area (Å²) >= 11 is 0. The van der Waals surface area contributed by atoms with Gasteiger partial charge in [0.15, 0.2) is 0 Å². The van der Waals surface area contributed by atoms with Crippen molar-refractivity contribution in [1.29, 1.82) is 0 Å². The molecule has 0 aromatic heterocycles. The van der Waals surface area contributed by atoms with Crippen LogP contribution in [0.3, 0.4) is 0 Å². The zero-order valence-electron chi connectivity index (χ0n) is 16.3. The maximum Gasteiger partial charge on any atom is 0.341 e. The van der Waals surface area contributed by atoms with Crippen LogP contribution < -0.4 is 0 Å². The van der Waals surface area contributed by atoms with Crippen LogP contribution in [0.25, 0.3) is 0 Å². The third kappa shape index (κ3) is 5.71. The Kier molecular flexibility index (Phi) is 9.85. The Labute approximate surface area is 150 Å². The molecule has 0 unspecified atom stereocenters. The van der Waals surface area contributed by atoms with Crippen LogP contribution in [-0.4, -0.2) is 65.3 Å². The summed E-state index contributed by atoms with van der Waals surface area (Å²) in [7, 11) is -7.44. The topological polar surface area (TPSA) is 55.4 Å². The highest BCUT2D eigenvalue weighted by atomic mass is 28.5. The molecule has 0 radical (unpaired) electrons. The van der Waals surface area contributed by atoms with Crippen molar-refractivity contribution in [3.05, 3.63) is 0 Å². The molecule has 6 nitrogen and oxygen atoms in total. The summed E-state index contributed by atoms with van der Waals surface area (Å²) in [5, 5.41) is 0. The summed E-state index contributed by atoms with van der Waals surface area (Å²) in [6.07, 6.45) is 0. The first kappa shape index (κ1) is 22.5. The Bertz CT molecular complexity index is 276. The maximum absolute atomic E-state index is 6.27. The fourth-order valence-electron chi connectivity index (χ4n) is 3.73. The van der Waals surface area contributed by atoms with Crippen LogP contribution in [0.15, 0.2) is 0 Å². The lowest BCUT2D eigenvalue weighted by Gasteiger charge is -2.48. The lowest BCUT2D eigenvalue weighted by Crippen LogP contribution is -2.69. The SMILES string of the molecule is CCO[Si]1(OCC)C[Si](OCC)(OCC)C[Si](OCC)(OCC)C1. The van der Waals surface area contributed by atoms with Crippen molar-refractivity contribution >= 4 is 25.7 Å². The number of rotatable bonds is 12. The van der Waals surface area contributed by atoms with Crippen molar-refractivity contribution in [1.82, 2.24) is 0 Å². The molecular formula is C15H36O6Si3. The van der Waals surface area contributed by atoms with Gasteiger partial charge in [-0.25, -0.2) is 0 Å². The van der Waals surface area contributed by atoms with Crippen LogP contribution >= 0.6 is 0 Å².